The topological polar surface area (TPSA) is 18.6 Å². The highest BCUT2D eigenvalue weighted by molar-refractivity contribution is 6.14. The number of hydrogen-bond donors (Lipinski definition) is 0. The quantitative estimate of drug-likeness (QED) is 0.155. The van der Waals surface area contributed by atoms with Crippen molar-refractivity contribution in [3.8, 4) is 44.8 Å². The van der Waals surface area contributed by atoms with Crippen LogP contribution in [0.15, 0.2) is 164 Å². The van der Waals surface area contributed by atoms with E-state index in [4.69, 9.17) is 13.1 Å². The molecular weight excluding hydrogens is 750 g/mol. The molecule has 10 rings (SSSR count). The summed E-state index contributed by atoms with van der Waals surface area (Å²) >= 11 is 0. The Hall–Kier alpha value is -7.87. The summed E-state index contributed by atoms with van der Waals surface area (Å²) in [7, 11) is 0. The molecule has 0 unspecified atom stereocenters. The van der Waals surface area contributed by atoms with Crippen LogP contribution in [0.2, 0.25) is 0 Å². The van der Waals surface area contributed by atoms with Crippen molar-refractivity contribution in [2.24, 2.45) is 0 Å². The standard InChI is InChI=1S/C53H33F3N4/c1-32-14-5-7-16-36(32)34-24-26-40-38-18-9-11-22-45(38)59(48(40)30-34)47-29-28-42(50-43(53(54,55)56)20-13-21-44(50)57-3)52(51(47)58-4)60-46-23-12-10-19-39(46)41-27-25-35(31-49(41)60)37-17-8-6-15-33(37)2/h5-31H,1-2H3. The normalized spacial score (nSPS) is 11.7. The summed E-state index contributed by atoms with van der Waals surface area (Å²) in [6, 6.07) is 51.6. The van der Waals surface area contributed by atoms with Crippen molar-refractivity contribution in [2.45, 2.75) is 20.0 Å². The first kappa shape index (κ1) is 36.5. The van der Waals surface area contributed by atoms with Gasteiger partial charge in [0.05, 0.1) is 52.1 Å². The van der Waals surface area contributed by atoms with Gasteiger partial charge in [0.15, 0.2) is 5.69 Å². The first-order valence-electron chi connectivity index (χ1n) is 19.5. The number of aryl methyl sites for hydroxylation is 2. The van der Waals surface area contributed by atoms with Crippen LogP contribution in [-0.2, 0) is 6.18 Å². The molecule has 0 radical (unpaired) electrons. The van der Waals surface area contributed by atoms with Crippen molar-refractivity contribution in [1.82, 2.24) is 9.13 Å². The number of rotatable bonds is 5. The first-order chi connectivity index (χ1) is 29.2. The van der Waals surface area contributed by atoms with E-state index in [0.717, 1.165) is 83.1 Å². The van der Waals surface area contributed by atoms with E-state index in [2.05, 4.69) is 75.8 Å². The molecule has 2 heterocycles. The fourth-order valence-electron chi connectivity index (χ4n) is 9.01. The second kappa shape index (κ2) is 13.9. The van der Waals surface area contributed by atoms with Crippen LogP contribution in [-0.4, -0.2) is 9.13 Å². The molecule has 0 spiro atoms. The maximum Gasteiger partial charge on any atom is 0.415 e. The lowest BCUT2D eigenvalue weighted by Gasteiger charge is -2.23. The number of alkyl halides is 3. The molecule has 0 saturated carbocycles. The fourth-order valence-corrected chi connectivity index (χ4v) is 9.01. The lowest BCUT2D eigenvalue weighted by atomic mass is 9.94. The summed E-state index contributed by atoms with van der Waals surface area (Å²) in [4.78, 5) is 7.93. The van der Waals surface area contributed by atoms with Gasteiger partial charge in [-0.1, -0.05) is 133 Å². The monoisotopic (exact) mass is 782 g/mol. The molecule has 0 bridgehead atoms. The maximum absolute atomic E-state index is 15.2. The SMILES string of the molecule is [C-]#[N+]c1cccc(C(F)(F)F)c1-c1ccc(-n2c3ccccc3c3ccc(-c4ccccc4C)cc32)c([N+]#[C-])c1-n1c2ccccc2c2ccc(-c3ccccc3C)cc21. The van der Waals surface area contributed by atoms with E-state index in [1.807, 2.05) is 90.4 Å². The molecule has 4 nitrogen and oxygen atoms in total. The average molecular weight is 783 g/mol. The largest absolute Gasteiger partial charge is 0.415 e. The van der Waals surface area contributed by atoms with Gasteiger partial charge in [-0.2, -0.15) is 13.2 Å². The summed E-state index contributed by atoms with van der Waals surface area (Å²) in [6.45, 7) is 21.3. The Balaban J connectivity index is 1.39. The van der Waals surface area contributed by atoms with Gasteiger partial charge in [0.2, 0.25) is 5.69 Å². The minimum atomic E-state index is -4.79. The number of fused-ring (bicyclic) bond motifs is 6. The van der Waals surface area contributed by atoms with E-state index >= 15 is 13.2 Å². The third kappa shape index (κ3) is 5.59. The van der Waals surface area contributed by atoms with Gasteiger partial charge in [-0.3, -0.25) is 0 Å². The average Bonchev–Trinajstić information content (AvgIpc) is 3.77. The number of benzene rings is 8. The van der Waals surface area contributed by atoms with Crippen molar-refractivity contribution in [1.29, 1.82) is 0 Å². The van der Waals surface area contributed by atoms with E-state index in [-0.39, 0.29) is 28.2 Å². The molecule has 8 aromatic carbocycles. The van der Waals surface area contributed by atoms with Gasteiger partial charge >= 0.3 is 6.18 Å². The van der Waals surface area contributed by atoms with Crippen LogP contribution < -0.4 is 0 Å². The molecule has 286 valence electrons. The molecule has 0 N–H and O–H groups in total. The van der Waals surface area contributed by atoms with Crippen molar-refractivity contribution in [3.63, 3.8) is 0 Å². The lowest BCUT2D eigenvalue weighted by Crippen LogP contribution is -2.09. The molecule has 0 aliphatic rings. The molecule has 7 heteroatoms. The zero-order valence-corrected chi connectivity index (χ0v) is 32.5. The van der Waals surface area contributed by atoms with Gasteiger partial charge < -0.3 is 9.13 Å². The molecular formula is C53H33F3N4. The Morgan fingerprint density at radius 2 is 0.983 bits per heavy atom. The van der Waals surface area contributed by atoms with Crippen molar-refractivity contribution >= 4 is 55.0 Å². The van der Waals surface area contributed by atoms with E-state index in [0.29, 0.717) is 5.69 Å². The van der Waals surface area contributed by atoms with Crippen LogP contribution in [0.3, 0.4) is 0 Å². The van der Waals surface area contributed by atoms with Crippen LogP contribution in [0.4, 0.5) is 24.5 Å². The van der Waals surface area contributed by atoms with E-state index in [1.165, 1.54) is 12.1 Å². The Morgan fingerprint density at radius 3 is 1.53 bits per heavy atom. The van der Waals surface area contributed by atoms with Gasteiger partial charge in [0.25, 0.3) is 0 Å². The highest BCUT2D eigenvalue weighted by Crippen LogP contribution is 2.51. The third-order valence-corrected chi connectivity index (χ3v) is 11.7. The van der Waals surface area contributed by atoms with Gasteiger partial charge in [0, 0.05) is 27.1 Å². The van der Waals surface area contributed by atoms with Crippen LogP contribution >= 0.6 is 0 Å². The Kier molecular flexibility index (Phi) is 8.45. The van der Waals surface area contributed by atoms with Gasteiger partial charge in [-0.25, -0.2) is 9.69 Å². The molecule has 0 aliphatic carbocycles. The Morgan fingerprint density at radius 1 is 0.467 bits per heavy atom. The van der Waals surface area contributed by atoms with Gasteiger partial charge in [-0.05, 0) is 83.1 Å². The Bertz CT molecular complexity index is 3480. The molecule has 0 fully saturated rings. The van der Waals surface area contributed by atoms with Crippen molar-refractivity contribution in [3.05, 3.63) is 203 Å². The summed E-state index contributed by atoms with van der Waals surface area (Å²) in [6.07, 6.45) is -4.79. The van der Waals surface area contributed by atoms with Gasteiger partial charge in [0.1, 0.15) is 0 Å². The minimum absolute atomic E-state index is 0.133. The van der Waals surface area contributed by atoms with E-state index in [1.54, 1.807) is 12.1 Å². The smallest absolute Gasteiger partial charge is 0.319 e. The van der Waals surface area contributed by atoms with Crippen molar-refractivity contribution in [2.75, 3.05) is 0 Å². The van der Waals surface area contributed by atoms with Crippen molar-refractivity contribution < 1.29 is 13.2 Å². The summed E-state index contributed by atoms with van der Waals surface area (Å²) < 4.78 is 49.5. The second-order valence-corrected chi connectivity index (χ2v) is 15.0. The highest BCUT2D eigenvalue weighted by Gasteiger charge is 2.36. The van der Waals surface area contributed by atoms with Gasteiger partial charge in [-0.15, -0.1) is 0 Å². The minimum Gasteiger partial charge on any atom is -0.319 e. The molecule has 0 amide bonds. The van der Waals surface area contributed by atoms with Crippen LogP contribution in [0, 0.1) is 27.0 Å². The Labute approximate surface area is 344 Å². The molecule has 10 aromatic rings. The summed E-state index contributed by atoms with van der Waals surface area (Å²) in [5, 5.41) is 3.71. The molecule has 0 saturated heterocycles. The number of halogens is 3. The number of aromatic nitrogens is 2. The molecule has 0 atom stereocenters. The highest BCUT2D eigenvalue weighted by atomic mass is 19.4. The van der Waals surface area contributed by atoms with Crippen LogP contribution in [0.5, 0.6) is 0 Å². The predicted molar refractivity (Wildman–Crippen MR) is 238 cm³/mol. The zero-order valence-electron chi connectivity index (χ0n) is 32.5. The zero-order chi connectivity index (χ0) is 41.3. The summed E-state index contributed by atoms with van der Waals surface area (Å²) in [5.74, 6) is 0. The number of hydrogen-bond acceptors (Lipinski definition) is 0. The molecule has 60 heavy (non-hydrogen) atoms. The van der Waals surface area contributed by atoms with E-state index in [9.17, 15) is 0 Å². The third-order valence-electron chi connectivity index (χ3n) is 11.7. The van der Waals surface area contributed by atoms with E-state index < -0.39 is 11.7 Å². The second-order valence-electron chi connectivity index (χ2n) is 15.0. The maximum atomic E-state index is 15.2. The molecule has 0 aliphatic heterocycles. The number of nitrogens with zero attached hydrogens (tertiary/aromatic N) is 4. The summed E-state index contributed by atoms with van der Waals surface area (Å²) in [5.41, 5.74) is 9.01. The lowest BCUT2D eigenvalue weighted by molar-refractivity contribution is -0.137. The fraction of sp³-hybridized carbons (Fsp3) is 0.0566. The van der Waals surface area contributed by atoms with Crippen LogP contribution in [0.1, 0.15) is 16.7 Å². The van der Waals surface area contributed by atoms with Crippen LogP contribution in [0.25, 0.3) is 98.1 Å². The first-order valence-corrected chi connectivity index (χ1v) is 19.5. The number of para-hydroxylation sites is 2. The molecule has 2 aromatic heterocycles. The predicted octanol–water partition coefficient (Wildman–Crippen LogP) is 15.6.